The van der Waals surface area contributed by atoms with Gasteiger partial charge in [-0.1, -0.05) is 69.9 Å². The lowest BCUT2D eigenvalue weighted by Gasteiger charge is -2.08. The molecule has 1 unspecified atom stereocenters. The van der Waals surface area contributed by atoms with Gasteiger partial charge in [0.1, 0.15) is 0 Å². The van der Waals surface area contributed by atoms with E-state index < -0.39 is 5.97 Å². The second kappa shape index (κ2) is 17.4. The number of aliphatic hydroxyl groups excluding tert-OH is 1. The van der Waals surface area contributed by atoms with Gasteiger partial charge >= 0.3 is 5.97 Å². The van der Waals surface area contributed by atoms with E-state index in [9.17, 15) is 9.90 Å². The molecule has 3 N–H and O–H groups in total. The van der Waals surface area contributed by atoms with Crippen LogP contribution in [0.15, 0.2) is 36.5 Å². The fourth-order valence-electron chi connectivity index (χ4n) is 2.56. The highest BCUT2D eigenvalue weighted by Crippen LogP contribution is 2.08. The molecule has 0 aliphatic carbocycles. The molecule has 4 heteroatoms. The number of allylic oxidation sites excluding steroid dienone is 2. The Balaban J connectivity index is 3.83. The fraction of sp³-hybridized carbons (Fsp3) is 0.667. The third-order valence-corrected chi connectivity index (χ3v) is 4.04. The van der Waals surface area contributed by atoms with Crippen LogP contribution in [0.1, 0.15) is 71.1 Å². The van der Waals surface area contributed by atoms with Gasteiger partial charge in [0.25, 0.3) is 0 Å². The fourth-order valence-corrected chi connectivity index (χ4v) is 2.56. The Morgan fingerprint density at radius 1 is 1.16 bits per heavy atom. The molecule has 4 nitrogen and oxygen atoms in total. The highest BCUT2D eigenvalue weighted by atomic mass is 16.4. The van der Waals surface area contributed by atoms with Gasteiger partial charge in [-0.3, -0.25) is 4.79 Å². The number of unbranched alkanes of at least 4 members (excludes halogenated alkanes) is 5. The molecule has 0 saturated carbocycles. The van der Waals surface area contributed by atoms with Crippen LogP contribution in [-0.2, 0) is 4.79 Å². The predicted molar refractivity (Wildman–Crippen MR) is 106 cm³/mol. The van der Waals surface area contributed by atoms with Crippen molar-refractivity contribution in [3.63, 3.8) is 0 Å². The predicted octanol–water partition coefficient (Wildman–Crippen LogP) is 4.61. The first-order valence-corrected chi connectivity index (χ1v) is 9.68. The summed E-state index contributed by atoms with van der Waals surface area (Å²) < 4.78 is 0. The number of hydrogen-bond donors (Lipinski definition) is 3. The Morgan fingerprint density at radius 3 is 2.60 bits per heavy atom. The van der Waals surface area contributed by atoms with Crippen LogP contribution in [0.5, 0.6) is 0 Å². The van der Waals surface area contributed by atoms with Crippen molar-refractivity contribution in [3.05, 3.63) is 36.5 Å². The lowest BCUT2D eigenvalue weighted by atomic mass is 10.1. The number of aliphatic carboxylic acids is 1. The molecule has 0 aliphatic rings. The Labute approximate surface area is 153 Å². The molecule has 0 aliphatic heterocycles. The Kier molecular flexibility index (Phi) is 16.5. The summed E-state index contributed by atoms with van der Waals surface area (Å²) in [7, 11) is 0. The molecule has 0 aromatic heterocycles. The van der Waals surface area contributed by atoms with Gasteiger partial charge in [-0.25, -0.2) is 0 Å². The Hall–Kier alpha value is -1.39. The van der Waals surface area contributed by atoms with E-state index >= 15 is 0 Å². The topological polar surface area (TPSA) is 69.6 Å². The van der Waals surface area contributed by atoms with Crippen LogP contribution in [0.3, 0.4) is 0 Å². The molecule has 0 spiro atoms. The van der Waals surface area contributed by atoms with E-state index in [2.05, 4.69) is 24.9 Å². The summed E-state index contributed by atoms with van der Waals surface area (Å²) in [5.41, 5.74) is 1.15. The summed E-state index contributed by atoms with van der Waals surface area (Å²) in [6.45, 7) is 7.63. The normalized spacial score (nSPS) is 13.3. The van der Waals surface area contributed by atoms with E-state index in [-0.39, 0.29) is 12.5 Å². The molecule has 0 aromatic carbocycles. The number of rotatable bonds is 17. The zero-order valence-corrected chi connectivity index (χ0v) is 15.9. The van der Waals surface area contributed by atoms with E-state index in [1.54, 1.807) is 6.08 Å². The minimum absolute atomic E-state index is 0.244. The van der Waals surface area contributed by atoms with Crippen molar-refractivity contribution in [2.75, 3.05) is 13.1 Å². The average Bonchev–Trinajstić information content (AvgIpc) is 2.57. The van der Waals surface area contributed by atoms with Crippen LogP contribution in [0.25, 0.3) is 0 Å². The van der Waals surface area contributed by atoms with Gasteiger partial charge in [-0.05, 0) is 37.8 Å². The number of carboxylic acid groups (broad SMARTS) is 1. The van der Waals surface area contributed by atoms with Gasteiger partial charge in [0.15, 0.2) is 0 Å². The quantitative estimate of drug-likeness (QED) is 0.264. The SMILES string of the molecule is C=C/C=C(\C=C/CC(O)CCCCC)CNCCCCCCC(=O)O. The average molecular weight is 352 g/mol. The zero-order chi connectivity index (χ0) is 18.8. The molecule has 0 rings (SSSR count). The third-order valence-electron chi connectivity index (χ3n) is 4.04. The molecule has 0 saturated heterocycles. The Morgan fingerprint density at radius 2 is 1.92 bits per heavy atom. The molecule has 1 atom stereocenters. The van der Waals surface area contributed by atoms with Gasteiger partial charge in [0, 0.05) is 13.0 Å². The van der Waals surface area contributed by atoms with Crippen LogP contribution in [0, 0.1) is 0 Å². The molecular formula is C21H37NO3. The lowest BCUT2D eigenvalue weighted by molar-refractivity contribution is -0.137. The maximum Gasteiger partial charge on any atom is 0.303 e. The summed E-state index contributed by atoms with van der Waals surface area (Å²) in [5, 5.41) is 21.9. The van der Waals surface area contributed by atoms with Crippen molar-refractivity contribution >= 4 is 5.97 Å². The molecule has 0 aromatic rings. The van der Waals surface area contributed by atoms with E-state index in [4.69, 9.17) is 5.11 Å². The van der Waals surface area contributed by atoms with Crippen LogP contribution in [0.4, 0.5) is 0 Å². The smallest absolute Gasteiger partial charge is 0.303 e. The molecule has 0 bridgehead atoms. The van der Waals surface area contributed by atoms with Gasteiger partial charge in [0.2, 0.25) is 0 Å². The van der Waals surface area contributed by atoms with E-state index in [1.807, 2.05) is 12.2 Å². The van der Waals surface area contributed by atoms with Gasteiger partial charge in [-0.2, -0.15) is 0 Å². The Bertz CT molecular complexity index is 402. The van der Waals surface area contributed by atoms with Crippen molar-refractivity contribution in [1.29, 1.82) is 0 Å². The number of hydrogen-bond acceptors (Lipinski definition) is 3. The second-order valence-electron chi connectivity index (χ2n) is 6.50. The number of nitrogens with one attached hydrogen (secondary N) is 1. The number of aliphatic hydroxyl groups is 1. The van der Waals surface area contributed by atoms with E-state index in [1.165, 1.54) is 12.8 Å². The summed E-state index contributed by atoms with van der Waals surface area (Å²) in [5.74, 6) is -0.709. The monoisotopic (exact) mass is 351 g/mol. The first-order valence-electron chi connectivity index (χ1n) is 9.68. The first-order chi connectivity index (χ1) is 12.1. The largest absolute Gasteiger partial charge is 0.481 e. The minimum atomic E-state index is -0.709. The van der Waals surface area contributed by atoms with Gasteiger partial charge < -0.3 is 15.5 Å². The van der Waals surface area contributed by atoms with Gasteiger partial charge in [-0.15, -0.1) is 0 Å². The van der Waals surface area contributed by atoms with Crippen molar-refractivity contribution in [1.82, 2.24) is 5.32 Å². The van der Waals surface area contributed by atoms with Crippen LogP contribution >= 0.6 is 0 Å². The van der Waals surface area contributed by atoms with Crippen molar-refractivity contribution in [3.8, 4) is 0 Å². The van der Waals surface area contributed by atoms with E-state index in [0.29, 0.717) is 6.42 Å². The second-order valence-corrected chi connectivity index (χ2v) is 6.50. The standard InChI is InChI=1S/C21H37NO3/c1-3-5-8-14-20(23)15-11-13-19(12-4-2)18-22-17-10-7-6-9-16-21(24)25/h4,11-13,20,22-23H,2-3,5-10,14-18H2,1H3,(H,24,25)/b13-11-,19-12+. The van der Waals surface area contributed by atoms with Crippen molar-refractivity contribution in [2.45, 2.75) is 77.2 Å². The highest BCUT2D eigenvalue weighted by Gasteiger charge is 2.01. The van der Waals surface area contributed by atoms with E-state index in [0.717, 1.165) is 57.2 Å². The number of carboxylic acids is 1. The molecule has 25 heavy (non-hydrogen) atoms. The van der Waals surface area contributed by atoms with Crippen LogP contribution in [0.2, 0.25) is 0 Å². The summed E-state index contributed by atoms with van der Waals surface area (Å²) >= 11 is 0. The lowest BCUT2D eigenvalue weighted by Crippen LogP contribution is -2.17. The number of carbonyl (C=O) groups is 1. The first kappa shape index (κ1) is 23.6. The minimum Gasteiger partial charge on any atom is -0.481 e. The molecule has 144 valence electrons. The molecule has 0 amide bonds. The maximum absolute atomic E-state index is 10.4. The van der Waals surface area contributed by atoms with Crippen molar-refractivity contribution in [2.24, 2.45) is 0 Å². The van der Waals surface area contributed by atoms with Crippen LogP contribution < -0.4 is 5.32 Å². The summed E-state index contributed by atoms with van der Waals surface area (Å²) in [6, 6.07) is 0. The van der Waals surface area contributed by atoms with Gasteiger partial charge in [0.05, 0.1) is 6.10 Å². The molecule has 0 radical (unpaired) electrons. The zero-order valence-electron chi connectivity index (χ0n) is 15.9. The molecule has 0 heterocycles. The molecular weight excluding hydrogens is 314 g/mol. The third kappa shape index (κ3) is 17.2. The van der Waals surface area contributed by atoms with Crippen molar-refractivity contribution < 1.29 is 15.0 Å². The maximum atomic E-state index is 10.4. The van der Waals surface area contributed by atoms with Crippen LogP contribution in [-0.4, -0.2) is 35.4 Å². The molecule has 0 fully saturated rings. The summed E-state index contributed by atoms with van der Waals surface area (Å²) in [4.78, 5) is 10.4. The highest BCUT2D eigenvalue weighted by molar-refractivity contribution is 5.66. The summed E-state index contributed by atoms with van der Waals surface area (Å²) in [6.07, 6.45) is 16.8.